The van der Waals surface area contributed by atoms with Gasteiger partial charge in [0.2, 0.25) is 0 Å². The molecule has 2 heteroatoms. The van der Waals surface area contributed by atoms with Crippen molar-refractivity contribution in [2.24, 2.45) is 0 Å². The maximum absolute atomic E-state index is 4.01. The van der Waals surface area contributed by atoms with Crippen molar-refractivity contribution in [3.8, 4) is 0 Å². The van der Waals surface area contributed by atoms with E-state index in [0.717, 1.165) is 0 Å². The molecule has 0 aliphatic heterocycles. The summed E-state index contributed by atoms with van der Waals surface area (Å²) in [6.07, 6.45) is 9.59. The summed E-state index contributed by atoms with van der Waals surface area (Å²) in [6.45, 7) is 4.46. The molecule has 0 spiro atoms. The highest BCUT2D eigenvalue weighted by Crippen LogP contribution is 2.12. The quantitative estimate of drug-likeness (QED) is 0.648. The first-order chi connectivity index (χ1) is 5.34. The van der Waals surface area contributed by atoms with Gasteiger partial charge in [-0.25, -0.2) is 4.98 Å². The fourth-order valence-electron chi connectivity index (χ4n) is 1.18. The third-order valence-electron chi connectivity index (χ3n) is 2.01. The van der Waals surface area contributed by atoms with E-state index in [9.17, 15) is 0 Å². The zero-order valence-corrected chi connectivity index (χ0v) is 7.33. The van der Waals surface area contributed by atoms with Crippen molar-refractivity contribution in [3.63, 3.8) is 0 Å². The fraction of sp³-hybridized carbons (Fsp3) is 0.667. The lowest BCUT2D eigenvalue weighted by molar-refractivity contribution is 0.485. The Balaban J connectivity index is 2.36. The number of imidazole rings is 1. The second kappa shape index (κ2) is 4.16. The van der Waals surface area contributed by atoms with Crippen molar-refractivity contribution in [2.45, 2.75) is 39.2 Å². The van der Waals surface area contributed by atoms with Gasteiger partial charge in [-0.05, 0) is 13.3 Å². The third kappa shape index (κ3) is 2.37. The minimum Gasteiger partial charge on any atom is -0.335 e. The molecule has 1 aromatic rings. The summed E-state index contributed by atoms with van der Waals surface area (Å²) in [6, 6.07) is 0.609. The van der Waals surface area contributed by atoms with Gasteiger partial charge in [0.25, 0.3) is 0 Å². The van der Waals surface area contributed by atoms with Gasteiger partial charge in [-0.1, -0.05) is 19.8 Å². The molecule has 0 N–H and O–H groups in total. The summed E-state index contributed by atoms with van der Waals surface area (Å²) >= 11 is 0. The first-order valence-electron chi connectivity index (χ1n) is 4.32. The van der Waals surface area contributed by atoms with Gasteiger partial charge < -0.3 is 4.57 Å². The zero-order chi connectivity index (χ0) is 8.10. The molecule has 1 heterocycles. The van der Waals surface area contributed by atoms with E-state index in [0.29, 0.717) is 6.04 Å². The monoisotopic (exact) mass is 152 g/mol. The standard InChI is InChI=1S/C9H16N2/c1-3-4-5-9(2)11-7-6-10-8-11/h6-9H,3-5H2,1-2H3/t9-/m0/s1. The predicted octanol–water partition coefficient (Wildman–Crippen LogP) is 2.63. The van der Waals surface area contributed by atoms with Crippen LogP contribution in [0.5, 0.6) is 0 Å². The van der Waals surface area contributed by atoms with E-state index in [2.05, 4.69) is 23.4 Å². The van der Waals surface area contributed by atoms with Crippen LogP contribution in [0.25, 0.3) is 0 Å². The average molecular weight is 152 g/mol. The Morgan fingerprint density at radius 2 is 2.36 bits per heavy atom. The highest BCUT2D eigenvalue weighted by atomic mass is 15.0. The van der Waals surface area contributed by atoms with Crippen LogP contribution in [-0.2, 0) is 0 Å². The molecule has 0 saturated heterocycles. The molecule has 0 amide bonds. The first-order valence-corrected chi connectivity index (χ1v) is 4.32. The molecular weight excluding hydrogens is 136 g/mol. The maximum atomic E-state index is 4.01. The Labute approximate surface area is 68.3 Å². The fourth-order valence-corrected chi connectivity index (χ4v) is 1.18. The summed E-state index contributed by atoms with van der Waals surface area (Å²) in [5.74, 6) is 0. The number of hydrogen-bond donors (Lipinski definition) is 0. The molecule has 62 valence electrons. The molecule has 2 nitrogen and oxygen atoms in total. The lowest BCUT2D eigenvalue weighted by atomic mass is 10.1. The molecule has 0 aliphatic carbocycles. The van der Waals surface area contributed by atoms with Crippen LogP contribution in [0.1, 0.15) is 39.2 Å². The highest BCUT2D eigenvalue weighted by Gasteiger charge is 2.00. The van der Waals surface area contributed by atoms with Crippen molar-refractivity contribution in [3.05, 3.63) is 18.7 Å². The summed E-state index contributed by atoms with van der Waals surface area (Å²) in [5, 5.41) is 0. The largest absolute Gasteiger partial charge is 0.335 e. The van der Waals surface area contributed by atoms with E-state index in [-0.39, 0.29) is 0 Å². The van der Waals surface area contributed by atoms with E-state index in [1.54, 1.807) is 0 Å². The second-order valence-electron chi connectivity index (χ2n) is 3.00. The number of unbranched alkanes of at least 4 members (excludes halogenated alkanes) is 1. The van der Waals surface area contributed by atoms with E-state index < -0.39 is 0 Å². The topological polar surface area (TPSA) is 17.8 Å². The molecule has 0 unspecified atom stereocenters. The minimum absolute atomic E-state index is 0.609. The van der Waals surface area contributed by atoms with E-state index in [1.165, 1.54) is 19.3 Å². The van der Waals surface area contributed by atoms with Gasteiger partial charge in [0.1, 0.15) is 0 Å². The molecule has 1 aromatic heterocycles. The number of hydrogen-bond acceptors (Lipinski definition) is 1. The van der Waals surface area contributed by atoms with Crippen LogP contribution < -0.4 is 0 Å². The van der Waals surface area contributed by atoms with E-state index in [1.807, 2.05) is 18.7 Å². The Bertz CT molecular complexity index is 179. The first kappa shape index (κ1) is 8.31. The molecule has 0 aromatic carbocycles. The Kier molecular flexibility index (Phi) is 3.14. The smallest absolute Gasteiger partial charge is 0.0948 e. The number of rotatable bonds is 4. The van der Waals surface area contributed by atoms with Crippen LogP contribution in [0.3, 0.4) is 0 Å². The van der Waals surface area contributed by atoms with Crippen LogP contribution in [0.2, 0.25) is 0 Å². The molecule has 0 fully saturated rings. The summed E-state index contributed by atoms with van der Waals surface area (Å²) in [5.41, 5.74) is 0. The third-order valence-corrected chi connectivity index (χ3v) is 2.01. The van der Waals surface area contributed by atoms with E-state index in [4.69, 9.17) is 0 Å². The van der Waals surface area contributed by atoms with Gasteiger partial charge >= 0.3 is 0 Å². The Morgan fingerprint density at radius 3 is 2.91 bits per heavy atom. The van der Waals surface area contributed by atoms with Crippen LogP contribution in [0, 0.1) is 0 Å². The van der Waals surface area contributed by atoms with Crippen molar-refractivity contribution in [1.82, 2.24) is 9.55 Å². The van der Waals surface area contributed by atoms with Crippen LogP contribution in [-0.4, -0.2) is 9.55 Å². The van der Waals surface area contributed by atoms with Crippen molar-refractivity contribution >= 4 is 0 Å². The van der Waals surface area contributed by atoms with Gasteiger partial charge in [-0.15, -0.1) is 0 Å². The summed E-state index contributed by atoms with van der Waals surface area (Å²) < 4.78 is 2.16. The van der Waals surface area contributed by atoms with E-state index >= 15 is 0 Å². The second-order valence-corrected chi connectivity index (χ2v) is 3.00. The van der Waals surface area contributed by atoms with Gasteiger partial charge in [0, 0.05) is 18.4 Å². The summed E-state index contributed by atoms with van der Waals surface area (Å²) in [4.78, 5) is 4.01. The average Bonchev–Trinajstić information content (AvgIpc) is 2.52. The predicted molar refractivity (Wildman–Crippen MR) is 46.5 cm³/mol. The Hall–Kier alpha value is -0.790. The highest BCUT2D eigenvalue weighted by molar-refractivity contribution is 4.78. The summed E-state index contributed by atoms with van der Waals surface area (Å²) in [7, 11) is 0. The van der Waals surface area contributed by atoms with Gasteiger partial charge in [-0.3, -0.25) is 0 Å². The molecule has 1 rings (SSSR count). The van der Waals surface area contributed by atoms with Gasteiger partial charge in [0.05, 0.1) is 6.33 Å². The van der Waals surface area contributed by atoms with Crippen molar-refractivity contribution in [2.75, 3.05) is 0 Å². The maximum Gasteiger partial charge on any atom is 0.0948 e. The number of aromatic nitrogens is 2. The normalized spacial score (nSPS) is 13.3. The van der Waals surface area contributed by atoms with Crippen LogP contribution >= 0.6 is 0 Å². The molecule has 0 radical (unpaired) electrons. The lowest BCUT2D eigenvalue weighted by Gasteiger charge is -2.11. The molecule has 0 bridgehead atoms. The van der Waals surface area contributed by atoms with Gasteiger partial charge in [-0.2, -0.15) is 0 Å². The Morgan fingerprint density at radius 1 is 1.55 bits per heavy atom. The molecule has 1 atom stereocenters. The molecule has 11 heavy (non-hydrogen) atoms. The lowest BCUT2D eigenvalue weighted by Crippen LogP contribution is -2.01. The van der Waals surface area contributed by atoms with Crippen molar-refractivity contribution in [1.29, 1.82) is 0 Å². The molecule has 0 saturated carbocycles. The zero-order valence-electron chi connectivity index (χ0n) is 7.33. The minimum atomic E-state index is 0.609. The van der Waals surface area contributed by atoms with Crippen molar-refractivity contribution < 1.29 is 0 Å². The van der Waals surface area contributed by atoms with Crippen LogP contribution in [0.15, 0.2) is 18.7 Å². The van der Waals surface area contributed by atoms with Crippen LogP contribution in [0.4, 0.5) is 0 Å². The number of nitrogens with zero attached hydrogens (tertiary/aromatic N) is 2. The van der Waals surface area contributed by atoms with Gasteiger partial charge in [0.15, 0.2) is 0 Å². The SMILES string of the molecule is CCCC[C@H](C)n1ccnc1. The molecule has 0 aliphatic rings. The molecular formula is C9H16N2.